The van der Waals surface area contributed by atoms with Crippen molar-refractivity contribution in [3.05, 3.63) is 0 Å². The molecule has 0 fully saturated rings. The van der Waals surface area contributed by atoms with Gasteiger partial charge in [0.05, 0.1) is 0 Å². The number of hydrogen-bond donors (Lipinski definition) is 6. The molecule has 11 N–H and O–H groups in total. The summed E-state index contributed by atoms with van der Waals surface area (Å²) < 4.78 is 0. The first-order valence-electron chi connectivity index (χ1n) is 6.94. The van der Waals surface area contributed by atoms with Crippen LogP contribution in [0.15, 0.2) is 0 Å². The maximum atomic E-state index is 12.0. The molecule has 0 aliphatic carbocycles. The quantitative estimate of drug-likeness (QED) is 0.111. The Morgan fingerprint density at radius 1 is 1.00 bits per heavy atom. The summed E-state index contributed by atoms with van der Waals surface area (Å²) in [6.07, 6.45) is 1.89. The minimum Gasteiger partial charge on any atom is -0.354 e. The highest BCUT2D eigenvalue weighted by Crippen LogP contribution is 2.07. The van der Waals surface area contributed by atoms with E-state index >= 15 is 0 Å². The minimum absolute atomic E-state index is 0.234. The van der Waals surface area contributed by atoms with Crippen LogP contribution in [-0.2, 0) is 4.79 Å². The van der Waals surface area contributed by atoms with Crippen LogP contribution in [0.25, 0.3) is 0 Å². The molecule has 1 unspecified atom stereocenters. The Labute approximate surface area is 129 Å². The van der Waals surface area contributed by atoms with Crippen molar-refractivity contribution in [3.8, 4) is 0 Å². The van der Waals surface area contributed by atoms with Crippen molar-refractivity contribution >= 4 is 18.0 Å². The van der Waals surface area contributed by atoms with Crippen molar-refractivity contribution < 1.29 is 14.4 Å². The standard InChI is InChI=1S/C11H26N8O3/c12-5-3-6-17-9(20)8(19(16)11(14)22)4-1-2-7-18(15)10(13)21/h8H,1-7,12,15-16H2,(H2,13,21)(H2,14,22)(H,17,20). The third-order valence-electron chi connectivity index (χ3n) is 2.98. The minimum atomic E-state index is -0.906. The van der Waals surface area contributed by atoms with Crippen LogP contribution in [0.3, 0.4) is 0 Å². The van der Waals surface area contributed by atoms with E-state index in [4.69, 9.17) is 28.9 Å². The number of primary amides is 2. The summed E-state index contributed by atoms with van der Waals surface area (Å²) in [4.78, 5) is 33.9. The number of carbonyl (C=O) groups excluding carboxylic acids is 3. The molecule has 0 saturated carbocycles. The van der Waals surface area contributed by atoms with E-state index in [2.05, 4.69) is 5.32 Å². The van der Waals surface area contributed by atoms with Crippen molar-refractivity contribution in [3.63, 3.8) is 0 Å². The van der Waals surface area contributed by atoms with Gasteiger partial charge in [-0.25, -0.2) is 21.3 Å². The third-order valence-corrected chi connectivity index (χ3v) is 2.98. The molecule has 0 spiro atoms. The molecule has 5 amide bonds. The fraction of sp³-hybridized carbons (Fsp3) is 0.727. The summed E-state index contributed by atoms with van der Waals surface area (Å²) in [7, 11) is 0. The van der Waals surface area contributed by atoms with Crippen LogP contribution in [0.1, 0.15) is 25.7 Å². The van der Waals surface area contributed by atoms with Crippen molar-refractivity contribution in [2.24, 2.45) is 28.9 Å². The highest BCUT2D eigenvalue weighted by molar-refractivity contribution is 5.86. The first-order valence-corrected chi connectivity index (χ1v) is 6.94. The summed E-state index contributed by atoms with van der Waals surface area (Å²) in [6, 6.07) is -2.54. The van der Waals surface area contributed by atoms with Crippen molar-refractivity contribution in [1.82, 2.24) is 15.3 Å². The lowest BCUT2D eigenvalue weighted by Crippen LogP contribution is -2.55. The van der Waals surface area contributed by atoms with Gasteiger partial charge >= 0.3 is 12.1 Å². The van der Waals surface area contributed by atoms with E-state index in [1.165, 1.54) is 0 Å². The molecule has 0 saturated heterocycles. The fourth-order valence-corrected chi connectivity index (χ4v) is 1.71. The zero-order valence-corrected chi connectivity index (χ0v) is 12.5. The van der Waals surface area contributed by atoms with E-state index in [1.807, 2.05) is 0 Å². The molecule has 0 radical (unpaired) electrons. The van der Waals surface area contributed by atoms with Gasteiger partial charge in [0, 0.05) is 13.1 Å². The van der Waals surface area contributed by atoms with Crippen LogP contribution < -0.4 is 34.2 Å². The molecule has 11 heteroatoms. The Hall–Kier alpha value is -2.11. The first-order chi connectivity index (χ1) is 10.3. The van der Waals surface area contributed by atoms with E-state index in [0.717, 1.165) is 5.01 Å². The second-order valence-electron chi connectivity index (χ2n) is 4.72. The summed E-state index contributed by atoms with van der Waals surface area (Å²) in [6.45, 7) is 1.06. The Balaban J connectivity index is 4.39. The summed E-state index contributed by atoms with van der Waals surface area (Å²) in [5, 5.41) is 4.18. The fourth-order valence-electron chi connectivity index (χ4n) is 1.71. The van der Waals surface area contributed by atoms with Crippen molar-refractivity contribution in [1.29, 1.82) is 0 Å². The highest BCUT2D eigenvalue weighted by Gasteiger charge is 2.25. The number of urea groups is 2. The van der Waals surface area contributed by atoms with E-state index < -0.39 is 24.0 Å². The monoisotopic (exact) mass is 318 g/mol. The second-order valence-corrected chi connectivity index (χ2v) is 4.72. The molecular weight excluding hydrogens is 292 g/mol. The van der Waals surface area contributed by atoms with Gasteiger partial charge in [0.25, 0.3) is 0 Å². The lowest BCUT2D eigenvalue weighted by atomic mass is 10.1. The number of nitrogens with two attached hydrogens (primary N) is 5. The number of hydrogen-bond acceptors (Lipinski definition) is 6. The maximum Gasteiger partial charge on any atom is 0.329 e. The van der Waals surface area contributed by atoms with Crippen LogP contribution >= 0.6 is 0 Å². The van der Waals surface area contributed by atoms with Gasteiger partial charge in [0.2, 0.25) is 5.91 Å². The number of carbonyl (C=O) groups is 3. The lowest BCUT2D eigenvalue weighted by Gasteiger charge is -2.25. The molecule has 0 rings (SSSR count). The predicted molar refractivity (Wildman–Crippen MR) is 80.4 cm³/mol. The predicted octanol–water partition coefficient (Wildman–Crippen LogP) is -2.50. The van der Waals surface area contributed by atoms with Crippen LogP contribution in [-0.4, -0.2) is 53.7 Å². The Bertz CT molecular complexity index is 378. The van der Waals surface area contributed by atoms with Gasteiger partial charge < -0.3 is 22.5 Å². The molecule has 22 heavy (non-hydrogen) atoms. The topological polar surface area (TPSA) is 200 Å². The van der Waals surface area contributed by atoms with Gasteiger partial charge in [0.15, 0.2) is 0 Å². The molecule has 0 aliphatic heterocycles. The molecule has 0 aliphatic rings. The Morgan fingerprint density at radius 3 is 2.14 bits per heavy atom. The number of amides is 5. The third kappa shape index (κ3) is 7.61. The normalized spacial score (nSPS) is 11.6. The summed E-state index contributed by atoms with van der Waals surface area (Å²) in [5.74, 6) is 10.5. The van der Waals surface area contributed by atoms with Gasteiger partial charge in [-0.2, -0.15) is 0 Å². The van der Waals surface area contributed by atoms with Gasteiger partial charge in [-0.05, 0) is 32.2 Å². The first kappa shape index (κ1) is 19.9. The molecule has 128 valence electrons. The smallest absolute Gasteiger partial charge is 0.329 e. The highest BCUT2D eigenvalue weighted by atomic mass is 16.2. The van der Waals surface area contributed by atoms with Crippen molar-refractivity contribution in [2.75, 3.05) is 19.6 Å². The SMILES string of the molecule is NCCCNC(=O)C(CCCCN(N)C(N)=O)N(N)C(N)=O. The molecule has 0 bridgehead atoms. The number of rotatable bonds is 10. The summed E-state index contributed by atoms with van der Waals surface area (Å²) >= 11 is 0. The van der Waals surface area contributed by atoms with E-state index in [0.29, 0.717) is 37.4 Å². The van der Waals surface area contributed by atoms with E-state index in [1.54, 1.807) is 0 Å². The van der Waals surface area contributed by atoms with E-state index in [9.17, 15) is 14.4 Å². The van der Waals surface area contributed by atoms with Crippen LogP contribution in [0, 0.1) is 0 Å². The molecule has 1 atom stereocenters. The average Bonchev–Trinajstić information content (AvgIpc) is 2.46. The molecule has 0 heterocycles. The van der Waals surface area contributed by atoms with Crippen molar-refractivity contribution in [2.45, 2.75) is 31.7 Å². The molecule has 0 aromatic heterocycles. The number of hydrazine groups is 2. The Kier molecular flexibility index (Phi) is 9.58. The number of nitrogens with zero attached hydrogens (tertiary/aromatic N) is 2. The zero-order chi connectivity index (χ0) is 17.1. The number of unbranched alkanes of at least 4 members (excludes halogenated alkanes) is 1. The largest absolute Gasteiger partial charge is 0.354 e. The average molecular weight is 318 g/mol. The number of nitrogens with one attached hydrogen (secondary N) is 1. The lowest BCUT2D eigenvalue weighted by molar-refractivity contribution is -0.125. The van der Waals surface area contributed by atoms with E-state index in [-0.39, 0.29) is 13.0 Å². The van der Waals surface area contributed by atoms with Gasteiger partial charge in [-0.15, -0.1) is 0 Å². The summed E-state index contributed by atoms with van der Waals surface area (Å²) in [5.41, 5.74) is 15.4. The maximum absolute atomic E-state index is 12.0. The Morgan fingerprint density at radius 2 is 1.64 bits per heavy atom. The van der Waals surface area contributed by atoms with Crippen LogP contribution in [0.5, 0.6) is 0 Å². The molecule has 11 nitrogen and oxygen atoms in total. The van der Waals surface area contributed by atoms with Crippen LogP contribution in [0.2, 0.25) is 0 Å². The second kappa shape index (κ2) is 10.6. The van der Waals surface area contributed by atoms with Gasteiger partial charge in [-0.1, -0.05) is 0 Å². The van der Waals surface area contributed by atoms with Gasteiger partial charge in [0.1, 0.15) is 6.04 Å². The molecule has 0 aromatic carbocycles. The zero-order valence-electron chi connectivity index (χ0n) is 12.5. The molecular formula is C11H26N8O3. The van der Waals surface area contributed by atoms with Gasteiger partial charge in [-0.3, -0.25) is 14.8 Å². The van der Waals surface area contributed by atoms with Crippen LogP contribution in [0.4, 0.5) is 9.59 Å². The molecule has 0 aromatic rings.